The Kier molecular flexibility index (Phi) is 5.67. The van der Waals surface area contributed by atoms with Crippen molar-refractivity contribution >= 4 is 23.2 Å². The van der Waals surface area contributed by atoms with Crippen LogP contribution in [0.3, 0.4) is 0 Å². The fourth-order valence-corrected chi connectivity index (χ4v) is 3.85. The van der Waals surface area contributed by atoms with Gasteiger partial charge in [-0.25, -0.2) is 4.79 Å². The van der Waals surface area contributed by atoms with Crippen molar-refractivity contribution in [2.75, 3.05) is 6.61 Å². The van der Waals surface area contributed by atoms with Gasteiger partial charge in [-0.3, -0.25) is 4.79 Å². The fourth-order valence-electron chi connectivity index (χ4n) is 3.14. The van der Waals surface area contributed by atoms with E-state index in [4.69, 9.17) is 4.74 Å². The Balaban J connectivity index is 2.10. The maximum Gasteiger partial charge on any atom is 0.437 e. The Hall–Kier alpha value is -2.85. The molecular weight excluding hydrogens is 409 g/mol. The largest absolute Gasteiger partial charge is 0.490 e. The summed E-state index contributed by atoms with van der Waals surface area (Å²) in [6.45, 7) is 3.67. The summed E-state index contributed by atoms with van der Waals surface area (Å²) in [6.07, 6.45) is -3.80. The first-order chi connectivity index (χ1) is 13.7. The van der Waals surface area contributed by atoms with E-state index in [1.54, 1.807) is 6.07 Å². The molecule has 2 heterocycles. The van der Waals surface area contributed by atoms with E-state index in [9.17, 15) is 27.9 Å². The molecule has 3 atom stereocenters. The molecule has 0 aliphatic carbocycles. The van der Waals surface area contributed by atoms with Gasteiger partial charge in [-0.05, 0) is 29.1 Å². The Labute approximate surface area is 168 Å². The Bertz CT molecular complexity index is 916. The molecule has 1 aliphatic heterocycles. The van der Waals surface area contributed by atoms with E-state index in [0.29, 0.717) is 5.75 Å². The van der Waals surface area contributed by atoms with Crippen LogP contribution >= 0.6 is 11.3 Å². The van der Waals surface area contributed by atoms with Crippen LogP contribution in [0.1, 0.15) is 21.3 Å². The van der Waals surface area contributed by atoms with Crippen molar-refractivity contribution < 1.29 is 32.6 Å². The van der Waals surface area contributed by atoms with Crippen LogP contribution in [0.2, 0.25) is 0 Å². The van der Waals surface area contributed by atoms with Crippen LogP contribution in [0.5, 0.6) is 5.75 Å². The van der Waals surface area contributed by atoms with E-state index in [1.807, 2.05) is 0 Å². The third-order valence-corrected chi connectivity index (χ3v) is 5.32. The van der Waals surface area contributed by atoms with Crippen LogP contribution in [0.4, 0.5) is 18.0 Å². The van der Waals surface area contributed by atoms with Gasteiger partial charge in [0.05, 0.1) is 10.9 Å². The lowest BCUT2D eigenvalue weighted by Crippen LogP contribution is -2.72. The molecular formula is C19H17F3N2O4S. The van der Waals surface area contributed by atoms with Crippen molar-refractivity contribution in [1.82, 2.24) is 10.6 Å². The Morgan fingerprint density at radius 1 is 1.34 bits per heavy atom. The highest BCUT2D eigenvalue weighted by Crippen LogP contribution is 2.44. The van der Waals surface area contributed by atoms with Crippen molar-refractivity contribution in [2.45, 2.75) is 17.9 Å². The summed E-state index contributed by atoms with van der Waals surface area (Å²) >= 11 is 0.944. The zero-order valence-electron chi connectivity index (χ0n) is 14.9. The van der Waals surface area contributed by atoms with Gasteiger partial charge in [0.25, 0.3) is 0 Å². The molecule has 2 aromatic rings. The number of ketones is 1. The van der Waals surface area contributed by atoms with Gasteiger partial charge in [0.1, 0.15) is 18.3 Å². The minimum absolute atomic E-state index is 0.0275. The lowest BCUT2D eigenvalue weighted by molar-refractivity contribution is -0.287. The van der Waals surface area contributed by atoms with Gasteiger partial charge in [0, 0.05) is 0 Å². The lowest BCUT2D eigenvalue weighted by Gasteiger charge is -2.44. The van der Waals surface area contributed by atoms with Crippen LogP contribution in [0.25, 0.3) is 0 Å². The van der Waals surface area contributed by atoms with Crippen LogP contribution in [0, 0.1) is 5.92 Å². The minimum atomic E-state index is -5.29. The van der Waals surface area contributed by atoms with E-state index >= 15 is 0 Å². The average Bonchev–Trinajstić information content (AvgIpc) is 3.19. The highest BCUT2D eigenvalue weighted by atomic mass is 32.1. The standard InChI is InChI=1S/C19H17F3N2O4S/c1-2-8-28-12-6-3-5-11(10-12)15-14(16(25)13-7-4-9-29-13)18(27,19(20,21)22)24-17(26)23-15/h2-7,9-10,14-15,27H,1,8H2,(H2,23,24,26). The Morgan fingerprint density at radius 3 is 2.72 bits per heavy atom. The highest BCUT2D eigenvalue weighted by Gasteiger charge is 2.66. The molecule has 0 saturated carbocycles. The first-order valence-electron chi connectivity index (χ1n) is 8.46. The number of aliphatic hydroxyl groups is 1. The number of ether oxygens (including phenoxy) is 1. The van der Waals surface area contributed by atoms with Gasteiger partial charge in [-0.15, -0.1) is 11.3 Å². The number of carbonyl (C=O) groups is 2. The molecule has 1 aliphatic rings. The monoisotopic (exact) mass is 426 g/mol. The van der Waals surface area contributed by atoms with Gasteiger partial charge < -0.3 is 20.5 Å². The zero-order chi connectivity index (χ0) is 21.2. The number of urea groups is 1. The van der Waals surface area contributed by atoms with Crippen LogP contribution in [-0.2, 0) is 0 Å². The van der Waals surface area contributed by atoms with Gasteiger partial charge in [0.2, 0.25) is 5.72 Å². The van der Waals surface area contributed by atoms with Crippen molar-refractivity contribution in [1.29, 1.82) is 0 Å². The molecule has 6 nitrogen and oxygen atoms in total. The van der Waals surface area contributed by atoms with Crippen LogP contribution in [0.15, 0.2) is 54.4 Å². The third-order valence-electron chi connectivity index (χ3n) is 4.44. The minimum Gasteiger partial charge on any atom is -0.490 e. The van der Waals surface area contributed by atoms with Gasteiger partial charge in [0.15, 0.2) is 5.78 Å². The van der Waals surface area contributed by atoms with Crippen LogP contribution in [-0.4, -0.2) is 35.4 Å². The topological polar surface area (TPSA) is 87.7 Å². The summed E-state index contributed by atoms with van der Waals surface area (Å²) in [7, 11) is 0. The molecule has 2 amide bonds. The highest BCUT2D eigenvalue weighted by molar-refractivity contribution is 7.12. The maximum atomic E-state index is 13.8. The van der Waals surface area contributed by atoms with E-state index in [-0.39, 0.29) is 17.0 Å². The van der Waals surface area contributed by atoms with Crippen molar-refractivity contribution in [3.63, 3.8) is 0 Å². The number of amides is 2. The first-order valence-corrected chi connectivity index (χ1v) is 9.34. The molecule has 154 valence electrons. The van der Waals surface area contributed by atoms with Gasteiger partial charge in [-0.2, -0.15) is 13.2 Å². The molecule has 1 aromatic heterocycles. The number of carbonyl (C=O) groups excluding carboxylic acids is 2. The predicted octanol–water partition coefficient (Wildman–Crippen LogP) is 3.42. The van der Waals surface area contributed by atoms with E-state index in [1.165, 1.54) is 47.1 Å². The molecule has 1 aromatic carbocycles. The molecule has 1 saturated heterocycles. The molecule has 3 unspecified atom stereocenters. The second kappa shape index (κ2) is 7.88. The van der Waals surface area contributed by atoms with E-state index in [0.717, 1.165) is 11.3 Å². The number of alkyl halides is 3. The van der Waals surface area contributed by atoms with Crippen molar-refractivity contribution in [3.8, 4) is 5.75 Å². The average molecular weight is 426 g/mol. The summed E-state index contributed by atoms with van der Waals surface area (Å²) in [5, 5.41) is 15.9. The summed E-state index contributed by atoms with van der Waals surface area (Å²) in [5.41, 5.74) is -3.57. The number of hydrogen-bond donors (Lipinski definition) is 3. The number of rotatable bonds is 6. The van der Waals surface area contributed by atoms with Crippen molar-refractivity contribution in [3.05, 3.63) is 64.9 Å². The second-order valence-electron chi connectivity index (χ2n) is 6.33. The zero-order valence-corrected chi connectivity index (χ0v) is 15.7. The molecule has 3 rings (SSSR count). The predicted molar refractivity (Wildman–Crippen MR) is 99.7 cm³/mol. The summed E-state index contributed by atoms with van der Waals surface area (Å²) in [5.74, 6) is -2.70. The normalized spacial score (nSPS) is 24.3. The maximum absolute atomic E-state index is 13.8. The smallest absolute Gasteiger partial charge is 0.437 e. The Morgan fingerprint density at radius 2 is 2.10 bits per heavy atom. The molecule has 0 spiro atoms. The van der Waals surface area contributed by atoms with Crippen LogP contribution < -0.4 is 15.4 Å². The quantitative estimate of drug-likeness (QED) is 0.488. The molecule has 1 fully saturated rings. The molecule has 0 bridgehead atoms. The summed E-state index contributed by atoms with van der Waals surface area (Å²) < 4.78 is 46.8. The van der Waals surface area contributed by atoms with E-state index in [2.05, 4.69) is 11.9 Å². The summed E-state index contributed by atoms with van der Waals surface area (Å²) in [6, 6.07) is 6.12. The van der Waals surface area contributed by atoms with E-state index < -0.39 is 35.7 Å². The second-order valence-corrected chi connectivity index (χ2v) is 7.28. The number of halogens is 3. The molecule has 29 heavy (non-hydrogen) atoms. The van der Waals surface area contributed by atoms with Gasteiger partial charge in [-0.1, -0.05) is 30.9 Å². The SMILES string of the molecule is C=CCOc1cccc(C2NC(=O)NC(O)(C(F)(F)F)C2C(=O)c2cccs2)c1. The summed E-state index contributed by atoms with van der Waals surface area (Å²) in [4.78, 5) is 25.0. The number of benzene rings is 1. The molecule has 10 heteroatoms. The molecule has 3 N–H and O–H groups in total. The van der Waals surface area contributed by atoms with Crippen molar-refractivity contribution in [2.24, 2.45) is 5.92 Å². The first kappa shape index (κ1) is 20.9. The number of Topliss-reactive ketones (excluding diaryl/α,β-unsaturated/α-hetero) is 1. The number of hydrogen-bond acceptors (Lipinski definition) is 5. The fraction of sp³-hybridized carbons (Fsp3) is 0.263. The number of thiophene rings is 1. The van der Waals surface area contributed by atoms with Gasteiger partial charge >= 0.3 is 12.2 Å². The number of nitrogens with one attached hydrogen (secondary N) is 2. The lowest BCUT2D eigenvalue weighted by atomic mass is 9.78. The third kappa shape index (κ3) is 3.99. The molecule has 0 radical (unpaired) electrons.